The summed E-state index contributed by atoms with van der Waals surface area (Å²) in [5, 5.41) is 23.8. The van der Waals surface area contributed by atoms with Crippen LogP contribution in [0.2, 0.25) is 18.1 Å². The molecule has 0 aromatic heterocycles. The highest BCUT2D eigenvalue weighted by Crippen LogP contribution is 2.37. The number of rotatable bonds is 7. The van der Waals surface area contributed by atoms with Gasteiger partial charge >= 0.3 is 0 Å². The van der Waals surface area contributed by atoms with Crippen molar-refractivity contribution < 1.29 is 14.5 Å². The van der Waals surface area contributed by atoms with Gasteiger partial charge in [0.2, 0.25) is 0 Å². The first-order chi connectivity index (χ1) is 10.5. The molecule has 23 heavy (non-hydrogen) atoms. The van der Waals surface area contributed by atoms with E-state index in [0.717, 1.165) is 0 Å². The van der Waals surface area contributed by atoms with Crippen molar-refractivity contribution in [1.82, 2.24) is 0 Å². The van der Waals surface area contributed by atoms with Gasteiger partial charge < -0.3 is 14.8 Å². The minimum Gasteiger partial charge on any atom is -0.415 e. The number of aliphatic hydroxyl groups excluding tert-OH is 1. The van der Waals surface area contributed by atoms with E-state index in [4.69, 9.17) is 4.43 Å². The third kappa shape index (κ3) is 5.27. The van der Waals surface area contributed by atoms with Crippen molar-refractivity contribution in [3.8, 4) is 0 Å². The molecule has 0 unspecified atom stereocenters. The van der Waals surface area contributed by atoms with Gasteiger partial charge in [-0.05, 0) is 40.1 Å². The van der Waals surface area contributed by atoms with Crippen LogP contribution in [-0.4, -0.2) is 37.6 Å². The number of anilines is 1. The molecule has 8 heteroatoms. The smallest absolute Gasteiger partial charge is 0.293 e. The van der Waals surface area contributed by atoms with Crippen LogP contribution < -0.4 is 5.32 Å². The number of nitrogens with one attached hydrogen (secondary N) is 1. The second-order valence-corrected chi connectivity index (χ2v) is 12.6. The lowest BCUT2D eigenvalue weighted by Crippen LogP contribution is -2.44. The number of hydrogen-bond acceptors (Lipinski definition) is 5. The highest BCUT2D eigenvalue weighted by Gasteiger charge is 2.37. The summed E-state index contributed by atoms with van der Waals surface area (Å²) in [6.07, 6.45) is 0. The van der Waals surface area contributed by atoms with E-state index in [1.165, 1.54) is 6.07 Å². The predicted molar refractivity (Wildman–Crippen MR) is 98.4 cm³/mol. The number of nitrogens with zero attached hydrogens (tertiary/aromatic N) is 1. The van der Waals surface area contributed by atoms with Crippen molar-refractivity contribution in [3.05, 3.63) is 32.8 Å². The van der Waals surface area contributed by atoms with Crippen LogP contribution in [0.15, 0.2) is 22.7 Å². The molecule has 1 aromatic carbocycles. The van der Waals surface area contributed by atoms with Crippen LogP contribution in [0.25, 0.3) is 0 Å². The zero-order chi connectivity index (χ0) is 17.8. The zero-order valence-electron chi connectivity index (χ0n) is 14.2. The summed E-state index contributed by atoms with van der Waals surface area (Å²) in [4.78, 5) is 10.7. The normalized spacial score (nSPS) is 13.7. The standard InChI is InChI=1S/C15H25BrN2O4Si/c1-15(2,3)23(4,5)22-10-11(9-19)17-14-12(16)7-6-8-13(14)18(20)21/h6-8,11,17,19H,9-10H2,1-5H3/t11-/m0/s1. The average Bonchev–Trinajstić information content (AvgIpc) is 2.43. The first-order valence-corrected chi connectivity index (χ1v) is 11.1. The number of hydrogen-bond donors (Lipinski definition) is 2. The lowest BCUT2D eigenvalue weighted by atomic mass is 10.2. The Morgan fingerprint density at radius 1 is 1.43 bits per heavy atom. The van der Waals surface area contributed by atoms with Crippen LogP contribution in [0, 0.1) is 10.1 Å². The topological polar surface area (TPSA) is 84.6 Å². The Morgan fingerprint density at radius 2 is 2.04 bits per heavy atom. The van der Waals surface area contributed by atoms with Gasteiger partial charge in [-0.2, -0.15) is 0 Å². The Morgan fingerprint density at radius 3 is 2.52 bits per heavy atom. The van der Waals surface area contributed by atoms with Gasteiger partial charge in [-0.25, -0.2) is 0 Å². The Kier molecular flexibility index (Phi) is 6.76. The van der Waals surface area contributed by atoms with E-state index >= 15 is 0 Å². The van der Waals surface area contributed by atoms with Crippen LogP contribution >= 0.6 is 15.9 Å². The third-order valence-electron chi connectivity index (χ3n) is 4.21. The molecule has 0 bridgehead atoms. The lowest BCUT2D eigenvalue weighted by molar-refractivity contribution is -0.384. The van der Waals surface area contributed by atoms with Crippen molar-refractivity contribution in [2.75, 3.05) is 18.5 Å². The minimum atomic E-state index is -1.95. The second kappa shape index (κ2) is 7.74. The fraction of sp³-hybridized carbons (Fsp3) is 0.600. The summed E-state index contributed by atoms with van der Waals surface area (Å²) < 4.78 is 6.67. The van der Waals surface area contributed by atoms with E-state index in [1.54, 1.807) is 12.1 Å². The number of para-hydroxylation sites is 1. The molecule has 0 heterocycles. The third-order valence-corrected chi connectivity index (χ3v) is 9.37. The second-order valence-electron chi connectivity index (χ2n) is 6.99. The number of nitro groups is 1. The van der Waals surface area contributed by atoms with Crippen molar-refractivity contribution in [3.63, 3.8) is 0 Å². The summed E-state index contributed by atoms with van der Waals surface area (Å²) >= 11 is 3.31. The van der Waals surface area contributed by atoms with Crippen LogP contribution in [0.5, 0.6) is 0 Å². The molecule has 0 aliphatic carbocycles. The summed E-state index contributed by atoms with van der Waals surface area (Å²) in [5.41, 5.74) is 0.320. The largest absolute Gasteiger partial charge is 0.415 e. The van der Waals surface area contributed by atoms with Gasteiger partial charge in [0, 0.05) is 10.5 Å². The zero-order valence-corrected chi connectivity index (χ0v) is 16.8. The maximum absolute atomic E-state index is 11.2. The fourth-order valence-electron chi connectivity index (χ4n) is 1.68. The Hall–Kier alpha value is -0.963. The molecule has 1 aromatic rings. The first kappa shape index (κ1) is 20.1. The highest BCUT2D eigenvalue weighted by atomic mass is 79.9. The van der Waals surface area contributed by atoms with Gasteiger partial charge in [0.1, 0.15) is 5.69 Å². The molecule has 0 aliphatic heterocycles. The number of aliphatic hydroxyl groups is 1. The number of nitro benzene ring substituents is 1. The monoisotopic (exact) mass is 404 g/mol. The van der Waals surface area contributed by atoms with E-state index in [0.29, 0.717) is 16.8 Å². The molecule has 0 saturated carbocycles. The Balaban J connectivity index is 2.88. The molecule has 6 nitrogen and oxygen atoms in total. The molecule has 0 aliphatic rings. The van der Waals surface area contributed by atoms with Gasteiger partial charge in [0.05, 0.1) is 24.2 Å². The van der Waals surface area contributed by atoms with Crippen molar-refractivity contribution in [2.45, 2.75) is 44.9 Å². The average molecular weight is 405 g/mol. The molecule has 0 spiro atoms. The van der Waals surface area contributed by atoms with Crippen molar-refractivity contribution in [2.24, 2.45) is 0 Å². The minimum absolute atomic E-state index is 0.0369. The molecular weight excluding hydrogens is 380 g/mol. The lowest BCUT2D eigenvalue weighted by Gasteiger charge is -2.37. The molecule has 1 atom stereocenters. The molecule has 1 rings (SSSR count). The van der Waals surface area contributed by atoms with Crippen molar-refractivity contribution >= 4 is 35.6 Å². The van der Waals surface area contributed by atoms with Gasteiger partial charge in [-0.15, -0.1) is 0 Å². The maximum Gasteiger partial charge on any atom is 0.293 e. The van der Waals surface area contributed by atoms with Gasteiger partial charge in [-0.1, -0.05) is 26.8 Å². The van der Waals surface area contributed by atoms with Gasteiger partial charge in [0.25, 0.3) is 5.69 Å². The van der Waals surface area contributed by atoms with Crippen LogP contribution in [0.3, 0.4) is 0 Å². The van der Waals surface area contributed by atoms with Crippen LogP contribution in [0.1, 0.15) is 20.8 Å². The molecule has 2 N–H and O–H groups in total. The highest BCUT2D eigenvalue weighted by molar-refractivity contribution is 9.10. The Bertz CT molecular complexity index is 561. The van der Waals surface area contributed by atoms with E-state index in [2.05, 4.69) is 55.1 Å². The maximum atomic E-state index is 11.2. The molecule has 130 valence electrons. The molecular formula is C15H25BrN2O4Si. The molecule has 0 fully saturated rings. The predicted octanol–water partition coefficient (Wildman–Crippen LogP) is 4.15. The SMILES string of the molecule is CC(C)(C)[Si](C)(C)OC[C@H](CO)Nc1c(Br)cccc1[N+](=O)[O-]. The summed E-state index contributed by atoms with van der Waals surface area (Å²) in [6, 6.07) is 4.34. The molecule has 0 radical (unpaired) electrons. The van der Waals surface area contributed by atoms with Gasteiger partial charge in [0.15, 0.2) is 8.32 Å². The summed E-state index contributed by atoms with van der Waals surface area (Å²) in [5.74, 6) is 0. The Labute approximate surface area is 146 Å². The summed E-state index contributed by atoms with van der Waals surface area (Å²) in [7, 11) is -1.95. The number of halogens is 1. The fourth-order valence-corrected chi connectivity index (χ4v) is 3.20. The number of benzene rings is 1. The van der Waals surface area contributed by atoms with E-state index in [9.17, 15) is 15.2 Å². The van der Waals surface area contributed by atoms with Crippen molar-refractivity contribution in [1.29, 1.82) is 0 Å². The quantitative estimate of drug-likeness (QED) is 0.404. The summed E-state index contributed by atoms with van der Waals surface area (Å²) in [6.45, 7) is 10.8. The van der Waals surface area contributed by atoms with E-state index in [-0.39, 0.29) is 17.3 Å². The molecule has 0 saturated heterocycles. The van der Waals surface area contributed by atoms with Crippen LogP contribution in [-0.2, 0) is 4.43 Å². The van der Waals surface area contributed by atoms with Gasteiger partial charge in [-0.3, -0.25) is 10.1 Å². The van der Waals surface area contributed by atoms with E-state index < -0.39 is 19.3 Å². The van der Waals surface area contributed by atoms with Crippen LogP contribution in [0.4, 0.5) is 11.4 Å². The molecule has 0 amide bonds. The first-order valence-electron chi connectivity index (χ1n) is 7.44. The van der Waals surface area contributed by atoms with E-state index in [1.807, 2.05) is 0 Å².